The van der Waals surface area contributed by atoms with E-state index in [1.165, 1.54) is 7.05 Å². The summed E-state index contributed by atoms with van der Waals surface area (Å²) in [5, 5.41) is 0. The molecule has 0 aromatic heterocycles. The fourth-order valence-electron chi connectivity index (χ4n) is 0.717. The average Bonchev–Trinajstić information content (AvgIpc) is 2.31. The molecule has 0 aliphatic rings. The molecule has 0 amide bonds. The summed E-state index contributed by atoms with van der Waals surface area (Å²) < 4.78 is 24.4. The van der Waals surface area contributed by atoms with E-state index < -0.39 is 10.0 Å². The van der Waals surface area contributed by atoms with Gasteiger partial charge in [-0.05, 0) is 19.2 Å². The maximum Gasteiger partial charge on any atom is 0.240 e. The molecule has 0 bridgehead atoms. The number of aldehydes is 1. The second-order valence-electron chi connectivity index (χ2n) is 3.40. The van der Waals surface area contributed by atoms with Crippen molar-refractivity contribution < 1.29 is 13.2 Å². The highest BCUT2D eigenvalue weighted by molar-refractivity contribution is 7.89. The van der Waals surface area contributed by atoms with E-state index >= 15 is 0 Å². The Hall–Kier alpha value is -1.20. The summed E-state index contributed by atoms with van der Waals surface area (Å²) in [7, 11) is -1.86. The standard InChI is InChI=1S/C7H9NO2S.C4H8O/c1-8-11(9,10)7-5-3-2-4-6-7;1-4(2)3-5/h2-6,8H,1H3;3-4H,1-2H3. The highest BCUT2D eigenvalue weighted by atomic mass is 32.2. The third-order valence-corrected chi connectivity index (χ3v) is 3.02. The third kappa shape index (κ3) is 5.63. The van der Waals surface area contributed by atoms with Crippen molar-refractivity contribution in [2.75, 3.05) is 7.05 Å². The molecule has 1 aromatic carbocycles. The molecule has 0 saturated carbocycles. The first-order valence-corrected chi connectivity index (χ1v) is 6.36. The predicted octanol–water partition coefficient (Wildman–Crippen LogP) is 1.44. The van der Waals surface area contributed by atoms with E-state index in [0.29, 0.717) is 4.90 Å². The smallest absolute Gasteiger partial charge is 0.240 e. The number of sulfonamides is 1. The first kappa shape index (κ1) is 14.8. The van der Waals surface area contributed by atoms with Crippen LogP contribution in [-0.2, 0) is 14.8 Å². The Kier molecular flexibility index (Phi) is 6.60. The highest BCUT2D eigenvalue weighted by Crippen LogP contribution is 2.05. The van der Waals surface area contributed by atoms with Crippen molar-refractivity contribution in [2.24, 2.45) is 5.92 Å². The van der Waals surface area contributed by atoms with Crippen molar-refractivity contribution in [3.8, 4) is 0 Å². The van der Waals surface area contributed by atoms with Crippen LogP contribution in [0.3, 0.4) is 0 Å². The van der Waals surface area contributed by atoms with E-state index in [4.69, 9.17) is 0 Å². The fourth-order valence-corrected chi connectivity index (χ4v) is 1.47. The van der Waals surface area contributed by atoms with Crippen molar-refractivity contribution in [3.63, 3.8) is 0 Å². The highest BCUT2D eigenvalue weighted by Gasteiger charge is 2.08. The predicted molar refractivity (Wildman–Crippen MR) is 63.6 cm³/mol. The second-order valence-corrected chi connectivity index (χ2v) is 5.29. The van der Waals surface area contributed by atoms with Gasteiger partial charge in [-0.1, -0.05) is 32.0 Å². The van der Waals surface area contributed by atoms with Crippen LogP contribution >= 0.6 is 0 Å². The summed E-state index contributed by atoms with van der Waals surface area (Å²) in [6, 6.07) is 8.24. The Morgan fingerprint density at radius 2 is 1.62 bits per heavy atom. The summed E-state index contributed by atoms with van der Waals surface area (Å²) >= 11 is 0. The maximum atomic E-state index is 11.1. The number of hydrogen-bond donors (Lipinski definition) is 1. The van der Waals surface area contributed by atoms with Gasteiger partial charge < -0.3 is 4.79 Å². The number of carbonyl (C=O) groups is 1. The molecule has 0 aliphatic carbocycles. The molecule has 0 radical (unpaired) electrons. The molecule has 1 N–H and O–H groups in total. The summed E-state index contributed by atoms with van der Waals surface area (Å²) in [5.41, 5.74) is 0. The van der Waals surface area contributed by atoms with Crippen molar-refractivity contribution in [3.05, 3.63) is 30.3 Å². The van der Waals surface area contributed by atoms with E-state index in [2.05, 4.69) is 4.72 Å². The maximum absolute atomic E-state index is 11.1. The minimum Gasteiger partial charge on any atom is -0.303 e. The molecule has 0 saturated heterocycles. The average molecular weight is 243 g/mol. The van der Waals surface area contributed by atoms with Gasteiger partial charge in [0.1, 0.15) is 6.29 Å². The SMILES string of the molecule is CC(C)C=O.CNS(=O)(=O)c1ccccc1. The molecular formula is C11H17NO3S. The Morgan fingerprint density at radius 3 is 1.94 bits per heavy atom. The van der Waals surface area contributed by atoms with Gasteiger partial charge in [-0.15, -0.1) is 0 Å². The van der Waals surface area contributed by atoms with Gasteiger partial charge >= 0.3 is 0 Å². The van der Waals surface area contributed by atoms with E-state index in [1.54, 1.807) is 30.3 Å². The molecule has 0 aliphatic heterocycles. The quantitative estimate of drug-likeness (QED) is 0.817. The number of rotatable bonds is 3. The van der Waals surface area contributed by atoms with Crippen LogP contribution in [0.2, 0.25) is 0 Å². The lowest BCUT2D eigenvalue weighted by Crippen LogP contribution is -2.18. The lowest BCUT2D eigenvalue weighted by Gasteiger charge is -1.99. The lowest BCUT2D eigenvalue weighted by atomic mass is 10.3. The van der Waals surface area contributed by atoms with Gasteiger partial charge in [0.2, 0.25) is 10.0 Å². The largest absolute Gasteiger partial charge is 0.303 e. The normalized spacial score (nSPS) is 10.5. The zero-order chi connectivity index (χ0) is 12.6. The van der Waals surface area contributed by atoms with Crippen molar-refractivity contribution >= 4 is 16.3 Å². The molecular weight excluding hydrogens is 226 g/mol. The minimum absolute atomic E-state index is 0.204. The molecule has 0 spiro atoms. The zero-order valence-electron chi connectivity index (χ0n) is 9.67. The van der Waals surface area contributed by atoms with E-state index in [0.717, 1.165) is 6.29 Å². The van der Waals surface area contributed by atoms with E-state index in [1.807, 2.05) is 13.8 Å². The molecule has 90 valence electrons. The molecule has 0 heterocycles. The van der Waals surface area contributed by atoms with Crippen LogP contribution in [0, 0.1) is 5.92 Å². The van der Waals surface area contributed by atoms with Crippen LogP contribution in [0.25, 0.3) is 0 Å². The molecule has 4 nitrogen and oxygen atoms in total. The van der Waals surface area contributed by atoms with Gasteiger partial charge in [-0.25, -0.2) is 13.1 Å². The zero-order valence-corrected chi connectivity index (χ0v) is 10.5. The van der Waals surface area contributed by atoms with Crippen molar-refractivity contribution in [1.29, 1.82) is 0 Å². The van der Waals surface area contributed by atoms with Crippen LogP contribution in [0.15, 0.2) is 35.2 Å². The molecule has 0 fully saturated rings. The van der Waals surface area contributed by atoms with Crippen LogP contribution in [0.1, 0.15) is 13.8 Å². The van der Waals surface area contributed by atoms with Gasteiger partial charge in [0, 0.05) is 5.92 Å². The van der Waals surface area contributed by atoms with Crippen LogP contribution in [-0.4, -0.2) is 21.8 Å². The van der Waals surface area contributed by atoms with Gasteiger partial charge in [0.25, 0.3) is 0 Å². The van der Waals surface area contributed by atoms with Crippen molar-refractivity contribution in [1.82, 2.24) is 4.72 Å². The Morgan fingerprint density at radius 1 is 1.19 bits per heavy atom. The molecule has 5 heteroatoms. The van der Waals surface area contributed by atoms with Gasteiger partial charge in [0.15, 0.2) is 0 Å². The minimum atomic E-state index is -3.25. The molecule has 16 heavy (non-hydrogen) atoms. The fraction of sp³-hybridized carbons (Fsp3) is 0.364. The number of hydrogen-bond acceptors (Lipinski definition) is 3. The first-order valence-electron chi connectivity index (χ1n) is 4.88. The third-order valence-electron chi connectivity index (χ3n) is 1.59. The van der Waals surface area contributed by atoms with Gasteiger partial charge in [0.05, 0.1) is 4.90 Å². The number of nitrogens with one attached hydrogen (secondary N) is 1. The van der Waals surface area contributed by atoms with Crippen LogP contribution < -0.4 is 4.72 Å². The first-order chi connectivity index (χ1) is 7.44. The lowest BCUT2D eigenvalue weighted by molar-refractivity contribution is -0.110. The summed E-state index contributed by atoms with van der Waals surface area (Å²) in [5.74, 6) is 0.204. The van der Waals surface area contributed by atoms with Crippen molar-refractivity contribution in [2.45, 2.75) is 18.7 Å². The summed E-state index contributed by atoms with van der Waals surface area (Å²) in [6.07, 6.45) is 0.917. The summed E-state index contributed by atoms with van der Waals surface area (Å²) in [6.45, 7) is 3.71. The topological polar surface area (TPSA) is 63.2 Å². The molecule has 1 aromatic rings. The monoisotopic (exact) mass is 243 g/mol. The second kappa shape index (κ2) is 7.14. The van der Waals surface area contributed by atoms with E-state index in [9.17, 15) is 13.2 Å². The van der Waals surface area contributed by atoms with Gasteiger partial charge in [-0.2, -0.15) is 0 Å². The molecule has 0 unspecified atom stereocenters. The van der Waals surface area contributed by atoms with E-state index in [-0.39, 0.29) is 5.92 Å². The number of benzene rings is 1. The number of carbonyl (C=O) groups excluding carboxylic acids is 1. The van der Waals surface area contributed by atoms with Crippen LogP contribution in [0.5, 0.6) is 0 Å². The molecule has 1 rings (SSSR count). The Labute approximate surface area is 96.7 Å². The Balaban J connectivity index is 0.000000385. The Bertz CT molecular complexity index is 398. The summed E-state index contributed by atoms with van der Waals surface area (Å²) in [4.78, 5) is 9.80. The van der Waals surface area contributed by atoms with Crippen LogP contribution in [0.4, 0.5) is 0 Å². The molecule has 0 atom stereocenters. The van der Waals surface area contributed by atoms with Gasteiger partial charge in [-0.3, -0.25) is 0 Å².